The van der Waals surface area contributed by atoms with Gasteiger partial charge in [-0.05, 0) is 36.6 Å². The zero-order chi connectivity index (χ0) is 16.1. The first-order valence-corrected chi connectivity index (χ1v) is 7.72. The van der Waals surface area contributed by atoms with Gasteiger partial charge in [-0.3, -0.25) is 4.79 Å². The highest BCUT2D eigenvalue weighted by Gasteiger charge is 2.20. The van der Waals surface area contributed by atoms with E-state index in [4.69, 9.17) is 16.3 Å². The Hall–Kier alpha value is -2.05. The number of thiophene rings is 1. The second-order valence-corrected chi connectivity index (χ2v) is 5.97. The van der Waals surface area contributed by atoms with Crippen LogP contribution in [0.1, 0.15) is 22.2 Å². The van der Waals surface area contributed by atoms with Crippen molar-refractivity contribution < 1.29 is 19.4 Å². The van der Waals surface area contributed by atoms with Crippen molar-refractivity contribution in [3.05, 3.63) is 51.2 Å². The molecular formula is C15H14ClNO4S. The molecule has 0 saturated heterocycles. The van der Waals surface area contributed by atoms with Crippen molar-refractivity contribution in [2.75, 3.05) is 0 Å². The van der Waals surface area contributed by atoms with Crippen molar-refractivity contribution >= 4 is 34.8 Å². The summed E-state index contributed by atoms with van der Waals surface area (Å²) < 4.78 is 5.04. The topological polar surface area (TPSA) is 75.6 Å². The van der Waals surface area contributed by atoms with E-state index in [1.54, 1.807) is 0 Å². The molecule has 1 aromatic carbocycles. The molecule has 22 heavy (non-hydrogen) atoms. The van der Waals surface area contributed by atoms with E-state index in [1.807, 2.05) is 17.5 Å². The lowest BCUT2D eigenvalue weighted by molar-refractivity contribution is -0.129. The van der Waals surface area contributed by atoms with Crippen LogP contribution in [-0.2, 0) is 16.1 Å². The Morgan fingerprint density at radius 3 is 2.82 bits per heavy atom. The molecule has 0 fully saturated rings. The number of benzene rings is 1. The van der Waals surface area contributed by atoms with Crippen molar-refractivity contribution in [1.82, 2.24) is 5.32 Å². The molecule has 1 heterocycles. The predicted molar refractivity (Wildman–Crippen MR) is 84.2 cm³/mol. The van der Waals surface area contributed by atoms with Gasteiger partial charge in [-0.1, -0.05) is 17.7 Å². The SMILES string of the molecule is C[C@H](OC(=O)c1ccc(Cl)cc1O)C(=O)NCc1cccs1. The van der Waals surface area contributed by atoms with E-state index in [0.29, 0.717) is 11.6 Å². The van der Waals surface area contributed by atoms with Crippen LogP contribution in [0.15, 0.2) is 35.7 Å². The van der Waals surface area contributed by atoms with Gasteiger partial charge in [-0.15, -0.1) is 11.3 Å². The van der Waals surface area contributed by atoms with E-state index < -0.39 is 18.0 Å². The lowest BCUT2D eigenvalue weighted by atomic mass is 10.2. The Balaban J connectivity index is 1.91. The summed E-state index contributed by atoms with van der Waals surface area (Å²) in [5.41, 5.74) is -0.0395. The molecule has 2 N–H and O–H groups in total. The molecule has 0 radical (unpaired) electrons. The number of esters is 1. The Labute approximate surface area is 136 Å². The normalized spacial score (nSPS) is 11.7. The van der Waals surface area contributed by atoms with Crippen molar-refractivity contribution in [2.24, 2.45) is 0 Å². The van der Waals surface area contributed by atoms with E-state index >= 15 is 0 Å². The van der Waals surface area contributed by atoms with Crippen LogP contribution in [-0.4, -0.2) is 23.1 Å². The third-order valence-electron chi connectivity index (χ3n) is 2.85. The molecule has 0 aliphatic carbocycles. The minimum absolute atomic E-state index is 0.0395. The van der Waals surface area contributed by atoms with Gasteiger partial charge in [0, 0.05) is 9.90 Å². The van der Waals surface area contributed by atoms with Crippen LogP contribution >= 0.6 is 22.9 Å². The van der Waals surface area contributed by atoms with Crippen molar-refractivity contribution in [1.29, 1.82) is 0 Å². The first-order valence-electron chi connectivity index (χ1n) is 6.47. The maximum absolute atomic E-state index is 11.9. The number of hydrogen-bond acceptors (Lipinski definition) is 5. The van der Waals surface area contributed by atoms with Gasteiger partial charge in [0.05, 0.1) is 6.54 Å². The fourth-order valence-electron chi connectivity index (χ4n) is 1.69. The number of carbonyl (C=O) groups excluding carboxylic acids is 2. The second-order valence-electron chi connectivity index (χ2n) is 4.51. The van der Waals surface area contributed by atoms with Gasteiger partial charge in [-0.2, -0.15) is 0 Å². The molecule has 0 aliphatic heterocycles. The van der Waals surface area contributed by atoms with E-state index in [2.05, 4.69) is 5.32 Å². The molecule has 1 amide bonds. The zero-order valence-electron chi connectivity index (χ0n) is 11.7. The minimum atomic E-state index is -0.970. The van der Waals surface area contributed by atoms with E-state index in [0.717, 1.165) is 4.88 Å². The number of ether oxygens (including phenoxy) is 1. The molecular weight excluding hydrogens is 326 g/mol. The first kappa shape index (κ1) is 16.3. The summed E-state index contributed by atoms with van der Waals surface area (Å²) in [6.07, 6.45) is -0.970. The highest BCUT2D eigenvalue weighted by Crippen LogP contribution is 2.22. The Kier molecular flexibility index (Phi) is 5.41. The average molecular weight is 340 g/mol. The molecule has 2 rings (SSSR count). The Morgan fingerprint density at radius 1 is 1.41 bits per heavy atom. The third-order valence-corrected chi connectivity index (χ3v) is 3.96. The van der Waals surface area contributed by atoms with Crippen LogP contribution in [0, 0.1) is 0 Å². The van der Waals surface area contributed by atoms with Crippen molar-refractivity contribution in [2.45, 2.75) is 19.6 Å². The minimum Gasteiger partial charge on any atom is -0.507 e. The number of aromatic hydroxyl groups is 1. The first-order chi connectivity index (χ1) is 10.5. The molecule has 1 aromatic heterocycles. The summed E-state index contributed by atoms with van der Waals surface area (Å²) >= 11 is 7.22. The lowest BCUT2D eigenvalue weighted by Crippen LogP contribution is -2.35. The van der Waals surface area contributed by atoms with Crippen LogP contribution in [0.25, 0.3) is 0 Å². The van der Waals surface area contributed by atoms with Gasteiger partial charge in [0.25, 0.3) is 5.91 Å². The lowest BCUT2D eigenvalue weighted by Gasteiger charge is -2.13. The van der Waals surface area contributed by atoms with Crippen LogP contribution < -0.4 is 5.32 Å². The third kappa shape index (κ3) is 4.22. The highest BCUT2D eigenvalue weighted by atomic mass is 35.5. The number of nitrogens with one attached hydrogen (secondary N) is 1. The van der Waals surface area contributed by atoms with Crippen LogP contribution in [0.2, 0.25) is 5.02 Å². The number of phenols is 1. The molecule has 5 nitrogen and oxygen atoms in total. The monoisotopic (exact) mass is 339 g/mol. The van der Waals surface area contributed by atoms with E-state index in [1.165, 1.54) is 36.5 Å². The quantitative estimate of drug-likeness (QED) is 0.821. The molecule has 0 bridgehead atoms. The highest BCUT2D eigenvalue weighted by molar-refractivity contribution is 7.09. The predicted octanol–water partition coefficient (Wildman–Crippen LogP) is 2.97. The number of amides is 1. The molecule has 1 atom stereocenters. The fraction of sp³-hybridized carbons (Fsp3) is 0.200. The van der Waals surface area contributed by atoms with Gasteiger partial charge in [0.15, 0.2) is 6.10 Å². The standard InChI is InChI=1S/C15H14ClNO4S/c1-9(14(19)17-8-11-3-2-6-22-11)21-15(20)12-5-4-10(16)7-13(12)18/h2-7,9,18H,8H2,1H3,(H,17,19)/t9-/m0/s1. The van der Waals surface area contributed by atoms with Gasteiger partial charge in [0.1, 0.15) is 11.3 Å². The van der Waals surface area contributed by atoms with E-state index in [9.17, 15) is 14.7 Å². The Morgan fingerprint density at radius 2 is 2.18 bits per heavy atom. The number of rotatable bonds is 5. The number of carbonyl (C=O) groups is 2. The number of hydrogen-bond donors (Lipinski definition) is 2. The Bertz CT molecular complexity index is 672. The van der Waals surface area contributed by atoms with Crippen molar-refractivity contribution in [3.63, 3.8) is 0 Å². The van der Waals surface area contributed by atoms with Gasteiger partial charge < -0.3 is 15.2 Å². The average Bonchev–Trinajstić information content (AvgIpc) is 2.97. The second kappa shape index (κ2) is 7.29. The van der Waals surface area contributed by atoms with Gasteiger partial charge in [0.2, 0.25) is 0 Å². The summed E-state index contributed by atoms with van der Waals surface area (Å²) in [4.78, 5) is 24.8. The van der Waals surface area contributed by atoms with Crippen LogP contribution in [0.5, 0.6) is 5.75 Å². The van der Waals surface area contributed by atoms with Gasteiger partial charge >= 0.3 is 5.97 Å². The number of phenolic OH excluding ortho intramolecular Hbond substituents is 1. The molecule has 7 heteroatoms. The molecule has 0 saturated carbocycles. The summed E-state index contributed by atoms with van der Waals surface area (Å²) in [6, 6.07) is 7.82. The summed E-state index contributed by atoms with van der Waals surface area (Å²) in [6.45, 7) is 1.85. The zero-order valence-corrected chi connectivity index (χ0v) is 13.3. The molecule has 2 aromatic rings. The fourth-order valence-corrected chi connectivity index (χ4v) is 2.50. The van der Waals surface area contributed by atoms with Gasteiger partial charge in [-0.25, -0.2) is 4.79 Å². The maximum Gasteiger partial charge on any atom is 0.342 e. The van der Waals surface area contributed by atoms with Crippen LogP contribution in [0.3, 0.4) is 0 Å². The molecule has 0 unspecified atom stereocenters. The smallest absolute Gasteiger partial charge is 0.342 e. The van der Waals surface area contributed by atoms with Crippen LogP contribution in [0.4, 0.5) is 0 Å². The number of halogens is 1. The molecule has 0 spiro atoms. The molecule has 0 aliphatic rings. The van der Waals surface area contributed by atoms with E-state index in [-0.39, 0.29) is 11.3 Å². The summed E-state index contributed by atoms with van der Waals surface area (Å²) in [5, 5.41) is 14.5. The van der Waals surface area contributed by atoms with Crippen molar-refractivity contribution in [3.8, 4) is 5.75 Å². The largest absolute Gasteiger partial charge is 0.507 e. The maximum atomic E-state index is 11.9. The summed E-state index contributed by atoms with van der Waals surface area (Å²) in [7, 11) is 0. The summed E-state index contributed by atoms with van der Waals surface area (Å²) in [5.74, 6) is -1.48. The molecule has 116 valence electrons.